The summed E-state index contributed by atoms with van der Waals surface area (Å²) in [6, 6.07) is 3.58. The minimum absolute atomic E-state index is 0.0190. The summed E-state index contributed by atoms with van der Waals surface area (Å²) in [5.74, 6) is -0.739. The van der Waals surface area contributed by atoms with E-state index >= 15 is 0 Å². The first kappa shape index (κ1) is 10.6. The first-order chi connectivity index (χ1) is 7.18. The van der Waals surface area contributed by atoms with Gasteiger partial charge in [0.1, 0.15) is 11.6 Å². The summed E-state index contributed by atoms with van der Waals surface area (Å²) in [4.78, 5) is 0. The van der Waals surface area contributed by atoms with Crippen LogP contribution in [0.25, 0.3) is 0 Å². The molecule has 0 bridgehead atoms. The van der Waals surface area contributed by atoms with Crippen LogP contribution >= 0.6 is 0 Å². The number of halogens is 2. The van der Waals surface area contributed by atoms with E-state index in [1.807, 2.05) is 0 Å². The lowest BCUT2D eigenvalue weighted by atomic mass is 9.80. The highest BCUT2D eigenvalue weighted by atomic mass is 19.1. The molecule has 15 heavy (non-hydrogen) atoms. The lowest BCUT2D eigenvalue weighted by Gasteiger charge is -2.29. The standard InChI is InChI=1S/C12H15F2N/c13-8-5-6-11(14)10(7-8)9-3-1-2-4-12(9)15/h5-7,9,12H,1-4,15H2/t9?,12-/m0/s1. The van der Waals surface area contributed by atoms with E-state index in [0.717, 1.165) is 31.7 Å². The molecule has 2 rings (SSSR count). The van der Waals surface area contributed by atoms with Crippen molar-refractivity contribution in [2.45, 2.75) is 37.6 Å². The van der Waals surface area contributed by atoms with Gasteiger partial charge in [0.25, 0.3) is 0 Å². The highest BCUT2D eigenvalue weighted by molar-refractivity contribution is 5.24. The quantitative estimate of drug-likeness (QED) is 0.759. The molecule has 82 valence electrons. The van der Waals surface area contributed by atoms with E-state index in [2.05, 4.69) is 0 Å². The van der Waals surface area contributed by atoms with Gasteiger partial charge in [-0.3, -0.25) is 0 Å². The van der Waals surface area contributed by atoms with Crippen molar-refractivity contribution in [3.8, 4) is 0 Å². The van der Waals surface area contributed by atoms with Crippen molar-refractivity contribution in [2.24, 2.45) is 5.73 Å². The molecule has 1 nitrogen and oxygen atoms in total. The number of hydrogen-bond donors (Lipinski definition) is 1. The summed E-state index contributed by atoms with van der Waals surface area (Å²) in [6.45, 7) is 0. The van der Waals surface area contributed by atoms with Crippen LogP contribution in [0.2, 0.25) is 0 Å². The van der Waals surface area contributed by atoms with Crippen LogP contribution in [0, 0.1) is 11.6 Å². The zero-order valence-electron chi connectivity index (χ0n) is 8.55. The molecule has 0 aliphatic heterocycles. The predicted octanol–water partition coefficient (Wildman–Crippen LogP) is 2.95. The summed E-state index contributed by atoms with van der Waals surface area (Å²) in [6.07, 6.45) is 3.91. The van der Waals surface area contributed by atoms with E-state index in [9.17, 15) is 8.78 Å². The lowest BCUT2D eigenvalue weighted by Crippen LogP contribution is -2.31. The largest absolute Gasteiger partial charge is 0.327 e. The fourth-order valence-corrected chi connectivity index (χ4v) is 2.34. The maximum absolute atomic E-state index is 13.5. The van der Waals surface area contributed by atoms with E-state index in [1.54, 1.807) is 0 Å². The van der Waals surface area contributed by atoms with Crippen molar-refractivity contribution in [2.75, 3.05) is 0 Å². The van der Waals surface area contributed by atoms with Crippen LogP contribution in [0.3, 0.4) is 0 Å². The fourth-order valence-electron chi connectivity index (χ4n) is 2.34. The van der Waals surface area contributed by atoms with E-state index in [1.165, 1.54) is 12.1 Å². The number of rotatable bonds is 1. The summed E-state index contributed by atoms with van der Waals surface area (Å²) in [5.41, 5.74) is 6.39. The molecule has 1 aliphatic rings. The lowest BCUT2D eigenvalue weighted by molar-refractivity contribution is 0.374. The van der Waals surface area contributed by atoms with Crippen LogP contribution < -0.4 is 5.73 Å². The molecular weight excluding hydrogens is 196 g/mol. The second kappa shape index (κ2) is 4.27. The fraction of sp³-hybridized carbons (Fsp3) is 0.500. The van der Waals surface area contributed by atoms with Gasteiger partial charge in [0.05, 0.1) is 0 Å². The van der Waals surface area contributed by atoms with Gasteiger partial charge in [-0.1, -0.05) is 12.8 Å². The van der Waals surface area contributed by atoms with Crippen molar-refractivity contribution in [3.05, 3.63) is 35.4 Å². The number of benzene rings is 1. The molecule has 0 heterocycles. The zero-order chi connectivity index (χ0) is 10.8. The summed E-state index contributed by atoms with van der Waals surface area (Å²) >= 11 is 0. The van der Waals surface area contributed by atoms with Gasteiger partial charge in [-0.25, -0.2) is 8.78 Å². The zero-order valence-corrected chi connectivity index (χ0v) is 8.55. The van der Waals surface area contributed by atoms with Gasteiger partial charge in [0.15, 0.2) is 0 Å². The molecule has 0 radical (unpaired) electrons. The summed E-state index contributed by atoms with van der Waals surface area (Å²) in [5, 5.41) is 0. The first-order valence-electron chi connectivity index (χ1n) is 5.39. The SMILES string of the molecule is N[C@H]1CCCCC1c1cc(F)ccc1F. The van der Waals surface area contributed by atoms with Gasteiger partial charge in [-0.2, -0.15) is 0 Å². The Morgan fingerprint density at radius 1 is 1.13 bits per heavy atom. The smallest absolute Gasteiger partial charge is 0.126 e. The van der Waals surface area contributed by atoms with E-state index < -0.39 is 0 Å². The topological polar surface area (TPSA) is 26.0 Å². The molecule has 1 unspecified atom stereocenters. The number of nitrogens with two attached hydrogens (primary N) is 1. The van der Waals surface area contributed by atoms with Crippen LogP contribution in [0.1, 0.15) is 37.2 Å². The Balaban J connectivity index is 2.30. The van der Waals surface area contributed by atoms with Crippen molar-refractivity contribution in [1.82, 2.24) is 0 Å². The predicted molar refractivity (Wildman–Crippen MR) is 55.5 cm³/mol. The molecule has 2 atom stereocenters. The molecule has 3 heteroatoms. The Kier molecular flexibility index (Phi) is 3.00. The van der Waals surface area contributed by atoms with Gasteiger partial charge < -0.3 is 5.73 Å². The molecule has 1 aromatic rings. The average Bonchev–Trinajstić information content (AvgIpc) is 2.23. The van der Waals surface area contributed by atoms with E-state index in [4.69, 9.17) is 5.73 Å². The van der Waals surface area contributed by atoms with Gasteiger partial charge >= 0.3 is 0 Å². The Morgan fingerprint density at radius 3 is 2.60 bits per heavy atom. The highest BCUT2D eigenvalue weighted by Crippen LogP contribution is 2.33. The maximum atomic E-state index is 13.5. The number of hydrogen-bond acceptors (Lipinski definition) is 1. The van der Waals surface area contributed by atoms with Crippen molar-refractivity contribution < 1.29 is 8.78 Å². The summed E-state index contributed by atoms with van der Waals surface area (Å²) in [7, 11) is 0. The molecule has 1 aromatic carbocycles. The summed E-state index contributed by atoms with van der Waals surface area (Å²) < 4.78 is 26.5. The van der Waals surface area contributed by atoms with Crippen LogP contribution in [0.15, 0.2) is 18.2 Å². The Labute approximate surface area is 88.3 Å². The minimum Gasteiger partial charge on any atom is -0.327 e. The molecule has 1 aliphatic carbocycles. The van der Waals surface area contributed by atoms with Gasteiger partial charge in [0.2, 0.25) is 0 Å². The Hall–Kier alpha value is -0.960. The third-order valence-corrected chi connectivity index (χ3v) is 3.18. The highest BCUT2D eigenvalue weighted by Gasteiger charge is 2.25. The molecule has 2 N–H and O–H groups in total. The van der Waals surface area contributed by atoms with Crippen molar-refractivity contribution in [3.63, 3.8) is 0 Å². The monoisotopic (exact) mass is 211 g/mol. The first-order valence-corrected chi connectivity index (χ1v) is 5.39. The van der Waals surface area contributed by atoms with Crippen molar-refractivity contribution in [1.29, 1.82) is 0 Å². The second-order valence-electron chi connectivity index (χ2n) is 4.22. The third-order valence-electron chi connectivity index (χ3n) is 3.18. The molecular formula is C12H15F2N. The molecule has 0 aromatic heterocycles. The third kappa shape index (κ3) is 2.17. The molecule has 1 fully saturated rings. The van der Waals surface area contributed by atoms with Crippen molar-refractivity contribution >= 4 is 0 Å². The van der Waals surface area contributed by atoms with Gasteiger partial charge in [-0.15, -0.1) is 0 Å². The van der Waals surface area contributed by atoms with E-state index in [0.29, 0.717) is 5.56 Å². The van der Waals surface area contributed by atoms with E-state index in [-0.39, 0.29) is 23.6 Å². The van der Waals surface area contributed by atoms with Crippen LogP contribution in [-0.2, 0) is 0 Å². The Morgan fingerprint density at radius 2 is 1.87 bits per heavy atom. The minimum atomic E-state index is -0.385. The maximum Gasteiger partial charge on any atom is 0.126 e. The molecule has 0 spiro atoms. The molecule has 1 saturated carbocycles. The Bertz CT molecular complexity index is 351. The molecule has 0 amide bonds. The van der Waals surface area contributed by atoms with Crippen LogP contribution in [0.5, 0.6) is 0 Å². The second-order valence-corrected chi connectivity index (χ2v) is 4.22. The normalized spacial score (nSPS) is 26.6. The van der Waals surface area contributed by atoms with Crippen LogP contribution in [0.4, 0.5) is 8.78 Å². The molecule has 0 saturated heterocycles. The average molecular weight is 211 g/mol. The van der Waals surface area contributed by atoms with Gasteiger partial charge in [-0.05, 0) is 36.6 Å². The van der Waals surface area contributed by atoms with Gasteiger partial charge in [0, 0.05) is 12.0 Å². The van der Waals surface area contributed by atoms with Crippen LogP contribution in [-0.4, -0.2) is 6.04 Å².